The number of rotatable bonds is 6. The molecule has 4 aromatic carbocycles. The van der Waals surface area contributed by atoms with Crippen molar-refractivity contribution < 1.29 is 19.1 Å². The van der Waals surface area contributed by atoms with Crippen molar-refractivity contribution in [3.63, 3.8) is 0 Å². The monoisotopic (exact) mass is 495 g/mol. The van der Waals surface area contributed by atoms with E-state index in [4.69, 9.17) is 9.47 Å². The van der Waals surface area contributed by atoms with Crippen LogP contribution in [0.2, 0.25) is 0 Å². The second kappa shape index (κ2) is 10.6. The molecule has 5 rings (SSSR count). The minimum atomic E-state index is -0.133. The molecule has 1 fully saturated rings. The van der Waals surface area contributed by atoms with E-state index in [0.717, 1.165) is 22.1 Å². The van der Waals surface area contributed by atoms with E-state index < -0.39 is 0 Å². The van der Waals surface area contributed by atoms with Crippen molar-refractivity contribution in [2.24, 2.45) is 0 Å². The van der Waals surface area contributed by atoms with E-state index in [0.29, 0.717) is 48.8 Å². The number of nitrogens with zero attached hydrogens (tertiary/aromatic N) is 2. The molecule has 0 radical (unpaired) electrons. The fourth-order valence-corrected chi connectivity index (χ4v) is 4.66. The van der Waals surface area contributed by atoms with Crippen molar-refractivity contribution in [3.8, 4) is 11.5 Å². The fraction of sp³-hybridized carbons (Fsp3) is 0.200. The van der Waals surface area contributed by atoms with Crippen molar-refractivity contribution in [2.75, 3.05) is 50.6 Å². The quantitative estimate of drug-likeness (QED) is 0.404. The predicted molar refractivity (Wildman–Crippen MR) is 146 cm³/mol. The number of hydrogen-bond donors (Lipinski definition) is 1. The van der Waals surface area contributed by atoms with Gasteiger partial charge in [0.25, 0.3) is 11.8 Å². The van der Waals surface area contributed by atoms with Crippen LogP contribution >= 0.6 is 0 Å². The Morgan fingerprint density at radius 1 is 0.757 bits per heavy atom. The van der Waals surface area contributed by atoms with E-state index in [9.17, 15) is 9.59 Å². The van der Waals surface area contributed by atoms with Gasteiger partial charge in [-0.3, -0.25) is 9.59 Å². The highest BCUT2D eigenvalue weighted by Crippen LogP contribution is 2.25. The number of carbonyl (C=O) groups excluding carboxylic acids is 2. The van der Waals surface area contributed by atoms with E-state index in [1.54, 1.807) is 32.4 Å². The van der Waals surface area contributed by atoms with Crippen molar-refractivity contribution in [3.05, 3.63) is 96.1 Å². The molecule has 1 aliphatic heterocycles. The van der Waals surface area contributed by atoms with E-state index in [2.05, 4.69) is 10.2 Å². The average molecular weight is 496 g/mol. The van der Waals surface area contributed by atoms with Crippen LogP contribution in [-0.2, 0) is 0 Å². The zero-order valence-electron chi connectivity index (χ0n) is 20.9. The third-order valence-electron chi connectivity index (χ3n) is 6.69. The van der Waals surface area contributed by atoms with Gasteiger partial charge in [0.2, 0.25) is 0 Å². The van der Waals surface area contributed by atoms with Crippen LogP contribution in [0.15, 0.2) is 84.9 Å². The lowest BCUT2D eigenvalue weighted by Gasteiger charge is -2.36. The van der Waals surface area contributed by atoms with Gasteiger partial charge in [-0.2, -0.15) is 0 Å². The lowest BCUT2D eigenvalue weighted by atomic mass is 10.0. The summed E-state index contributed by atoms with van der Waals surface area (Å²) in [5, 5.41) is 4.97. The zero-order chi connectivity index (χ0) is 25.8. The summed E-state index contributed by atoms with van der Waals surface area (Å²) in [7, 11) is 3.14. The molecular weight excluding hydrogens is 466 g/mol. The molecule has 0 atom stereocenters. The minimum absolute atomic E-state index is 0.0386. The number of fused-ring (bicyclic) bond motifs is 1. The highest BCUT2D eigenvalue weighted by atomic mass is 16.5. The molecule has 37 heavy (non-hydrogen) atoms. The molecule has 7 nitrogen and oxygen atoms in total. The molecule has 0 bridgehead atoms. The van der Waals surface area contributed by atoms with Gasteiger partial charge in [0, 0.05) is 54.7 Å². The number of anilines is 2. The molecule has 1 saturated heterocycles. The first-order valence-electron chi connectivity index (χ1n) is 12.2. The molecule has 1 aliphatic rings. The number of amides is 2. The van der Waals surface area contributed by atoms with Crippen LogP contribution in [0.1, 0.15) is 20.7 Å². The van der Waals surface area contributed by atoms with Crippen molar-refractivity contribution >= 4 is 34.0 Å². The van der Waals surface area contributed by atoms with E-state index in [1.165, 1.54) is 0 Å². The topological polar surface area (TPSA) is 71.1 Å². The van der Waals surface area contributed by atoms with Gasteiger partial charge in [-0.05, 0) is 53.2 Å². The molecule has 188 valence electrons. The third-order valence-corrected chi connectivity index (χ3v) is 6.69. The molecular formula is C30H29N3O4. The maximum Gasteiger partial charge on any atom is 0.256 e. The molecule has 7 heteroatoms. The first kappa shape index (κ1) is 24.2. The van der Waals surface area contributed by atoms with Crippen LogP contribution in [0.5, 0.6) is 11.5 Å². The first-order chi connectivity index (χ1) is 18.1. The average Bonchev–Trinajstić information content (AvgIpc) is 2.96. The Labute approximate surface area is 216 Å². The van der Waals surface area contributed by atoms with Crippen molar-refractivity contribution in [2.45, 2.75) is 0 Å². The predicted octanol–water partition coefficient (Wildman–Crippen LogP) is 5.07. The Kier molecular flexibility index (Phi) is 6.94. The number of ether oxygens (including phenoxy) is 2. The van der Waals surface area contributed by atoms with E-state index in [1.807, 2.05) is 71.6 Å². The van der Waals surface area contributed by atoms with Gasteiger partial charge < -0.3 is 24.6 Å². The number of carbonyl (C=O) groups is 2. The first-order valence-corrected chi connectivity index (χ1v) is 12.2. The molecule has 1 heterocycles. The Morgan fingerprint density at radius 2 is 1.41 bits per heavy atom. The lowest BCUT2D eigenvalue weighted by Crippen LogP contribution is -2.48. The lowest BCUT2D eigenvalue weighted by molar-refractivity contribution is 0.0746. The molecule has 0 spiro atoms. The Bertz CT molecular complexity index is 1400. The maximum atomic E-state index is 13.1. The number of piperazine rings is 1. The summed E-state index contributed by atoms with van der Waals surface area (Å²) in [6, 6.07) is 26.7. The molecule has 1 N–H and O–H groups in total. The van der Waals surface area contributed by atoms with Gasteiger partial charge in [0.1, 0.15) is 11.5 Å². The highest BCUT2D eigenvalue weighted by molar-refractivity contribution is 6.12. The second-order valence-electron chi connectivity index (χ2n) is 8.91. The van der Waals surface area contributed by atoms with Gasteiger partial charge in [0.05, 0.1) is 14.2 Å². The summed E-state index contributed by atoms with van der Waals surface area (Å²) in [6.45, 7) is 2.65. The summed E-state index contributed by atoms with van der Waals surface area (Å²) in [6.07, 6.45) is 0. The highest BCUT2D eigenvalue weighted by Gasteiger charge is 2.23. The molecule has 0 unspecified atom stereocenters. The fourth-order valence-electron chi connectivity index (χ4n) is 4.66. The second-order valence-corrected chi connectivity index (χ2v) is 8.91. The Balaban J connectivity index is 1.21. The van der Waals surface area contributed by atoms with E-state index in [-0.39, 0.29) is 11.8 Å². The van der Waals surface area contributed by atoms with Gasteiger partial charge in [0.15, 0.2) is 0 Å². The van der Waals surface area contributed by atoms with Gasteiger partial charge >= 0.3 is 0 Å². The van der Waals surface area contributed by atoms with Gasteiger partial charge in [-0.15, -0.1) is 0 Å². The molecule has 0 saturated carbocycles. The standard InChI is InChI=1S/C30H29N3O4/c1-36-25-18-22(19-26(20-25)37-2)30(35)33-16-14-32(15-17-33)24-12-10-23(11-13-24)31-29(34)28-9-5-7-21-6-3-4-8-27(21)28/h3-13,18-20H,14-17H2,1-2H3,(H,31,34). The molecule has 2 amide bonds. The van der Waals surface area contributed by atoms with Crippen molar-refractivity contribution in [1.29, 1.82) is 0 Å². The number of nitrogens with one attached hydrogen (secondary N) is 1. The minimum Gasteiger partial charge on any atom is -0.497 e. The number of methoxy groups -OCH3 is 2. The van der Waals surface area contributed by atoms with Crippen molar-refractivity contribution in [1.82, 2.24) is 4.90 Å². The van der Waals surface area contributed by atoms with Crippen LogP contribution in [0.25, 0.3) is 10.8 Å². The zero-order valence-corrected chi connectivity index (χ0v) is 20.9. The normalized spacial score (nSPS) is 13.4. The SMILES string of the molecule is COc1cc(OC)cc(C(=O)N2CCN(c3ccc(NC(=O)c4cccc5ccccc45)cc3)CC2)c1. The molecule has 0 aliphatic carbocycles. The summed E-state index contributed by atoms with van der Waals surface area (Å²) < 4.78 is 10.6. The largest absolute Gasteiger partial charge is 0.497 e. The summed E-state index contributed by atoms with van der Waals surface area (Å²) in [5.74, 6) is 1.01. The van der Waals surface area contributed by atoms with Gasteiger partial charge in [-0.25, -0.2) is 0 Å². The van der Waals surface area contributed by atoms with Crippen LogP contribution in [-0.4, -0.2) is 57.1 Å². The van der Waals surface area contributed by atoms with Crippen LogP contribution in [0.3, 0.4) is 0 Å². The molecule has 4 aromatic rings. The maximum absolute atomic E-state index is 13.1. The Hall–Kier alpha value is -4.52. The third kappa shape index (κ3) is 5.21. The van der Waals surface area contributed by atoms with Crippen LogP contribution in [0.4, 0.5) is 11.4 Å². The molecule has 0 aromatic heterocycles. The Morgan fingerprint density at radius 3 is 2.08 bits per heavy atom. The smallest absolute Gasteiger partial charge is 0.256 e. The number of benzene rings is 4. The number of hydrogen-bond acceptors (Lipinski definition) is 5. The summed E-state index contributed by atoms with van der Waals surface area (Å²) in [4.78, 5) is 30.1. The summed E-state index contributed by atoms with van der Waals surface area (Å²) in [5.41, 5.74) is 2.99. The van der Waals surface area contributed by atoms with E-state index >= 15 is 0 Å². The van der Waals surface area contributed by atoms with Crippen LogP contribution in [0, 0.1) is 0 Å². The summed E-state index contributed by atoms with van der Waals surface area (Å²) >= 11 is 0. The van der Waals surface area contributed by atoms with Crippen LogP contribution < -0.4 is 19.7 Å². The van der Waals surface area contributed by atoms with Gasteiger partial charge in [-0.1, -0.05) is 36.4 Å².